The summed E-state index contributed by atoms with van der Waals surface area (Å²) in [5.74, 6) is -0.718. The van der Waals surface area contributed by atoms with Gasteiger partial charge in [-0.2, -0.15) is 0 Å². The summed E-state index contributed by atoms with van der Waals surface area (Å²) < 4.78 is 6.53. The molecule has 0 heterocycles. The van der Waals surface area contributed by atoms with Gasteiger partial charge < -0.3 is 15.8 Å². The Hall–Kier alpha value is -0.960. The highest BCUT2D eigenvalue weighted by Crippen LogP contribution is 2.32. The van der Waals surface area contributed by atoms with Crippen LogP contribution in [0.4, 0.5) is 5.69 Å². The third-order valence-corrected chi connectivity index (χ3v) is 4.06. The number of benzene rings is 1. The average molecular weight is 437 g/mol. The number of hydrogen-bond donors (Lipinski definition) is 2. The van der Waals surface area contributed by atoms with Gasteiger partial charge >= 0.3 is 0 Å². The number of carbonyl (C=O) groups excluding carboxylic acids is 2. The lowest BCUT2D eigenvalue weighted by molar-refractivity contribution is -0.121. The van der Waals surface area contributed by atoms with Crippen LogP contribution in [0.25, 0.3) is 0 Å². The molecule has 0 aliphatic heterocycles. The molecule has 0 bridgehead atoms. The van der Waals surface area contributed by atoms with Crippen LogP contribution in [0.5, 0.6) is 0 Å². The van der Waals surface area contributed by atoms with Gasteiger partial charge in [-0.25, -0.2) is 0 Å². The van der Waals surface area contributed by atoms with E-state index in [-0.39, 0.29) is 19.0 Å². The fraction of sp³-hybridized carbons (Fsp3) is 0.429. The molecule has 0 saturated carbocycles. The second-order valence-electron chi connectivity index (χ2n) is 4.82. The quantitative estimate of drug-likeness (QED) is 0.651. The normalized spacial score (nSPS) is 10.8. The van der Waals surface area contributed by atoms with E-state index in [1.807, 2.05) is 19.1 Å². The first-order valence-electron chi connectivity index (χ1n) is 6.58. The van der Waals surface area contributed by atoms with Gasteiger partial charge in [0.15, 0.2) is 0 Å². The maximum absolute atomic E-state index is 12.2. The molecule has 0 unspecified atom stereocenters. The van der Waals surface area contributed by atoms with E-state index in [9.17, 15) is 9.59 Å². The molecule has 0 aliphatic rings. The molecule has 0 aliphatic carbocycles. The summed E-state index contributed by atoms with van der Waals surface area (Å²) in [6, 6.07) is 3.82. The Morgan fingerprint density at radius 1 is 1.27 bits per heavy atom. The molecule has 0 saturated heterocycles. The van der Waals surface area contributed by atoms with Gasteiger partial charge in [0.25, 0.3) is 0 Å². The van der Waals surface area contributed by atoms with Crippen molar-refractivity contribution in [2.24, 2.45) is 5.73 Å². The van der Waals surface area contributed by atoms with Crippen LogP contribution < -0.4 is 11.1 Å². The zero-order valence-corrected chi connectivity index (χ0v) is 15.7. The van der Waals surface area contributed by atoms with Gasteiger partial charge in [-0.3, -0.25) is 14.5 Å². The Kier molecular flexibility index (Phi) is 8.02. The first-order valence-corrected chi connectivity index (χ1v) is 8.17. The maximum atomic E-state index is 12.2. The van der Waals surface area contributed by atoms with Gasteiger partial charge in [0.05, 0.1) is 25.4 Å². The lowest BCUT2D eigenvalue weighted by Gasteiger charge is -2.20. The number of methoxy groups -OCH3 is 1. The van der Waals surface area contributed by atoms with Crippen LogP contribution in [0.3, 0.4) is 0 Å². The van der Waals surface area contributed by atoms with E-state index >= 15 is 0 Å². The number of anilines is 1. The van der Waals surface area contributed by atoms with E-state index in [0.717, 1.165) is 14.5 Å². The summed E-state index contributed by atoms with van der Waals surface area (Å²) in [6.07, 6.45) is 0. The van der Waals surface area contributed by atoms with Crippen LogP contribution in [0, 0.1) is 6.92 Å². The standard InChI is InChI=1S/C14H19Br2N3O3/c1-9-5-10(15)14(11(16)6-9)18-13(21)8-19(3-4-22-2)7-12(17)20/h5-6H,3-4,7-8H2,1-2H3,(H2,17,20)(H,18,21). The predicted octanol–water partition coefficient (Wildman–Crippen LogP) is 1.89. The van der Waals surface area contributed by atoms with Crippen molar-refractivity contribution in [1.82, 2.24) is 4.90 Å². The molecular formula is C14H19Br2N3O3. The molecule has 2 amide bonds. The molecule has 0 atom stereocenters. The van der Waals surface area contributed by atoms with Crippen molar-refractivity contribution in [1.29, 1.82) is 0 Å². The monoisotopic (exact) mass is 435 g/mol. The molecule has 6 nitrogen and oxygen atoms in total. The molecule has 3 N–H and O–H groups in total. The van der Waals surface area contributed by atoms with Crippen LogP contribution in [-0.2, 0) is 14.3 Å². The minimum atomic E-state index is -0.485. The Bertz CT molecular complexity index is 529. The van der Waals surface area contributed by atoms with Crippen LogP contribution >= 0.6 is 31.9 Å². The van der Waals surface area contributed by atoms with Gasteiger partial charge in [0.1, 0.15) is 0 Å². The molecule has 1 aromatic carbocycles. The van der Waals surface area contributed by atoms with Crippen molar-refractivity contribution < 1.29 is 14.3 Å². The number of aryl methyl sites for hydroxylation is 1. The Labute approximate surface area is 146 Å². The first kappa shape index (κ1) is 19.1. The average Bonchev–Trinajstić information content (AvgIpc) is 2.39. The fourth-order valence-electron chi connectivity index (χ4n) is 1.86. The predicted molar refractivity (Wildman–Crippen MR) is 92.7 cm³/mol. The van der Waals surface area contributed by atoms with Gasteiger partial charge in [0, 0.05) is 22.6 Å². The number of ether oxygens (including phenoxy) is 1. The number of nitrogens with two attached hydrogens (primary N) is 1. The number of primary amides is 1. The Balaban J connectivity index is 2.72. The summed E-state index contributed by atoms with van der Waals surface area (Å²) in [5.41, 5.74) is 6.91. The van der Waals surface area contributed by atoms with Crippen molar-refractivity contribution >= 4 is 49.4 Å². The molecule has 8 heteroatoms. The van der Waals surface area contributed by atoms with Gasteiger partial charge in [-0.1, -0.05) is 0 Å². The molecule has 122 valence electrons. The van der Waals surface area contributed by atoms with Crippen LogP contribution in [0.15, 0.2) is 21.1 Å². The van der Waals surface area contributed by atoms with Crippen molar-refractivity contribution in [3.63, 3.8) is 0 Å². The topological polar surface area (TPSA) is 84.7 Å². The highest BCUT2D eigenvalue weighted by Gasteiger charge is 2.15. The minimum absolute atomic E-state index is 0.00696. The summed E-state index contributed by atoms with van der Waals surface area (Å²) in [4.78, 5) is 24.9. The van der Waals surface area contributed by atoms with E-state index in [0.29, 0.717) is 18.8 Å². The maximum Gasteiger partial charge on any atom is 0.238 e. The zero-order chi connectivity index (χ0) is 16.7. The molecule has 0 radical (unpaired) electrons. The molecule has 22 heavy (non-hydrogen) atoms. The largest absolute Gasteiger partial charge is 0.383 e. The minimum Gasteiger partial charge on any atom is -0.383 e. The lowest BCUT2D eigenvalue weighted by Crippen LogP contribution is -2.40. The van der Waals surface area contributed by atoms with E-state index in [1.54, 1.807) is 12.0 Å². The molecular weight excluding hydrogens is 418 g/mol. The molecule has 0 spiro atoms. The van der Waals surface area contributed by atoms with Gasteiger partial charge in [-0.15, -0.1) is 0 Å². The Morgan fingerprint density at radius 2 is 1.86 bits per heavy atom. The van der Waals surface area contributed by atoms with Gasteiger partial charge in [-0.05, 0) is 56.5 Å². The number of amides is 2. The van der Waals surface area contributed by atoms with Crippen molar-refractivity contribution in [3.05, 3.63) is 26.6 Å². The summed E-state index contributed by atoms with van der Waals surface area (Å²) in [6.45, 7) is 2.88. The van der Waals surface area contributed by atoms with E-state index in [4.69, 9.17) is 10.5 Å². The van der Waals surface area contributed by atoms with Crippen molar-refractivity contribution in [2.75, 3.05) is 38.7 Å². The SMILES string of the molecule is COCCN(CC(N)=O)CC(=O)Nc1c(Br)cc(C)cc1Br. The summed E-state index contributed by atoms with van der Waals surface area (Å²) >= 11 is 6.84. The van der Waals surface area contributed by atoms with Crippen molar-refractivity contribution in [3.8, 4) is 0 Å². The summed E-state index contributed by atoms with van der Waals surface area (Å²) in [5, 5.41) is 2.82. The summed E-state index contributed by atoms with van der Waals surface area (Å²) in [7, 11) is 1.56. The molecule has 0 aromatic heterocycles. The number of nitrogens with zero attached hydrogens (tertiary/aromatic N) is 1. The number of carbonyl (C=O) groups is 2. The van der Waals surface area contributed by atoms with Gasteiger partial charge in [0.2, 0.25) is 11.8 Å². The lowest BCUT2D eigenvalue weighted by atomic mass is 10.2. The van der Waals surface area contributed by atoms with E-state index in [1.165, 1.54) is 0 Å². The first-order chi connectivity index (χ1) is 10.3. The smallest absolute Gasteiger partial charge is 0.238 e. The van der Waals surface area contributed by atoms with Crippen LogP contribution in [0.2, 0.25) is 0 Å². The van der Waals surface area contributed by atoms with Crippen LogP contribution in [0.1, 0.15) is 5.56 Å². The van der Waals surface area contributed by atoms with E-state index < -0.39 is 5.91 Å². The zero-order valence-electron chi connectivity index (χ0n) is 12.5. The third kappa shape index (κ3) is 6.43. The Morgan fingerprint density at radius 3 is 2.36 bits per heavy atom. The number of hydrogen-bond acceptors (Lipinski definition) is 4. The molecule has 1 rings (SSSR count). The highest BCUT2D eigenvalue weighted by molar-refractivity contribution is 9.11. The third-order valence-electron chi connectivity index (χ3n) is 2.81. The second kappa shape index (κ2) is 9.24. The highest BCUT2D eigenvalue weighted by atomic mass is 79.9. The van der Waals surface area contributed by atoms with E-state index in [2.05, 4.69) is 37.2 Å². The fourth-order valence-corrected chi connectivity index (χ4v) is 3.47. The number of nitrogens with one attached hydrogen (secondary N) is 1. The van der Waals surface area contributed by atoms with Crippen molar-refractivity contribution in [2.45, 2.75) is 6.92 Å². The second-order valence-corrected chi connectivity index (χ2v) is 6.53. The van der Waals surface area contributed by atoms with Crippen LogP contribution in [-0.4, -0.2) is 50.1 Å². The molecule has 1 aromatic rings. The number of halogens is 2. The number of rotatable bonds is 8. The molecule has 0 fully saturated rings.